The van der Waals surface area contributed by atoms with Gasteiger partial charge in [-0.25, -0.2) is 13.2 Å². The Morgan fingerprint density at radius 1 is 1.10 bits per heavy atom. The van der Waals surface area contributed by atoms with Gasteiger partial charge < -0.3 is 16.4 Å². The lowest BCUT2D eigenvalue weighted by Gasteiger charge is -2.13. The first-order valence-corrected chi connectivity index (χ1v) is 10.4. The molecule has 8 nitrogen and oxygen atoms in total. The second-order valence-corrected chi connectivity index (χ2v) is 8.47. The molecule has 0 bridgehead atoms. The van der Waals surface area contributed by atoms with Crippen LogP contribution in [-0.4, -0.2) is 32.7 Å². The van der Waals surface area contributed by atoms with E-state index in [0.29, 0.717) is 22.2 Å². The summed E-state index contributed by atoms with van der Waals surface area (Å²) in [7, 11) is -4.01. The van der Waals surface area contributed by atoms with Crippen molar-refractivity contribution in [2.24, 2.45) is 5.73 Å². The van der Waals surface area contributed by atoms with Crippen molar-refractivity contribution in [3.05, 3.63) is 48.0 Å². The third kappa shape index (κ3) is 6.91. The largest absolute Gasteiger partial charge is 0.352 e. The zero-order valence-electron chi connectivity index (χ0n) is 15.1. The first kappa shape index (κ1) is 22.4. The number of amides is 3. The van der Waals surface area contributed by atoms with E-state index in [1.54, 1.807) is 6.92 Å². The molecule has 0 saturated carbocycles. The molecule has 0 aliphatic carbocycles. The Labute approximate surface area is 170 Å². The second-order valence-electron chi connectivity index (χ2n) is 5.75. The Hall–Kier alpha value is -2.86. The number of thioether (sulfide) groups is 1. The first-order chi connectivity index (χ1) is 13.6. The van der Waals surface area contributed by atoms with Gasteiger partial charge in [0.05, 0.1) is 11.4 Å². The van der Waals surface area contributed by atoms with Crippen LogP contribution in [0.3, 0.4) is 0 Å². The zero-order valence-corrected chi connectivity index (χ0v) is 16.7. The number of primary amides is 1. The van der Waals surface area contributed by atoms with Gasteiger partial charge >= 0.3 is 6.03 Å². The lowest BCUT2D eigenvalue weighted by molar-refractivity contribution is -0.115. The van der Waals surface area contributed by atoms with Crippen molar-refractivity contribution >= 4 is 45.1 Å². The summed E-state index contributed by atoms with van der Waals surface area (Å²) in [6.07, 6.45) is 0. The number of rotatable bonds is 8. The van der Waals surface area contributed by atoms with E-state index in [9.17, 15) is 26.8 Å². The highest BCUT2D eigenvalue weighted by Crippen LogP contribution is 2.27. The van der Waals surface area contributed by atoms with E-state index in [2.05, 4.69) is 15.4 Å². The third-order valence-corrected chi connectivity index (χ3v) is 5.76. The predicted molar refractivity (Wildman–Crippen MR) is 107 cm³/mol. The zero-order chi connectivity index (χ0) is 21.6. The summed E-state index contributed by atoms with van der Waals surface area (Å²) < 4.78 is 52.5. The average molecular weight is 444 g/mol. The number of sulfonamides is 1. The van der Waals surface area contributed by atoms with Gasteiger partial charge in [0.1, 0.15) is 0 Å². The van der Waals surface area contributed by atoms with E-state index in [1.165, 1.54) is 42.5 Å². The summed E-state index contributed by atoms with van der Waals surface area (Å²) >= 11 is 0.352. The SMILES string of the molecule is Cc1ccc(NC(=O)CNC(N)=O)cc1S(=O)(=O)Nc1ccc(SC(F)F)cc1. The van der Waals surface area contributed by atoms with Gasteiger partial charge in [-0.1, -0.05) is 17.8 Å². The standard InChI is InChI=1S/C17H18F2N4O4S2/c1-10-2-3-12(22-15(24)9-21-17(20)25)8-14(10)29(26,27)23-11-4-6-13(7-5-11)28-16(18)19/h2-8,16,23H,9H2,1H3,(H,22,24)(H3,20,21,25). The number of urea groups is 1. The molecule has 29 heavy (non-hydrogen) atoms. The van der Waals surface area contributed by atoms with E-state index in [-0.39, 0.29) is 22.8 Å². The molecule has 0 aliphatic heterocycles. The van der Waals surface area contributed by atoms with Crippen LogP contribution in [-0.2, 0) is 14.8 Å². The number of halogens is 2. The number of benzene rings is 2. The lowest BCUT2D eigenvalue weighted by Crippen LogP contribution is -2.36. The van der Waals surface area contributed by atoms with Crippen LogP contribution in [0.4, 0.5) is 25.0 Å². The summed E-state index contributed by atoms with van der Waals surface area (Å²) in [6, 6.07) is 8.92. The summed E-state index contributed by atoms with van der Waals surface area (Å²) in [5.41, 5.74) is 5.71. The summed E-state index contributed by atoms with van der Waals surface area (Å²) in [5.74, 6) is -3.16. The molecular weight excluding hydrogens is 426 g/mol. The third-order valence-electron chi connectivity index (χ3n) is 3.52. The molecular formula is C17H18F2N4O4S2. The maximum absolute atomic E-state index is 12.7. The molecule has 0 radical (unpaired) electrons. The molecule has 0 saturated heterocycles. The number of hydrogen-bond donors (Lipinski definition) is 4. The molecule has 2 aromatic rings. The number of nitrogens with one attached hydrogen (secondary N) is 3. The smallest absolute Gasteiger partial charge is 0.312 e. The average Bonchev–Trinajstić information content (AvgIpc) is 2.62. The minimum atomic E-state index is -4.01. The van der Waals surface area contributed by atoms with Gasteiger partial charge in [0.2, 0.25) is 5.91 Å². The molecule has 0 aromatic heterocycles. The molecule has 12 heteroatoms. The maximum Gasteiger partial charge on any atom is 0.312 e. The van der Waals surface area contributed by atoms with Crippen LogP contribution < -0.4 is 21.1 Å². The van der Waals surface area contributed by atoms with Crippen molar-refractivity contribution in [2.75, 3.05) is 16.6 Å². The number of carbonyl (C=O) groups is 2. The molecule has 2 rings (SSSR count). The van der Waals surface area contributed by atoms with Gasteiger partial charge in [0.15, 0.2) is 0 Å². The molecule has 0 aliphatic rings. The number of anilines is 2. The number of alkyl halides is 2. The van der Waals surface area contributed by atoms with Gasteiger partial charge in [-0.3, -0.25) is 9.52 Å². The maximum atomic E-state index is 12.7. The molecule has 5 N–H and O–H groups in total. The highest BCUT2D eigenvalue weighted by Gasteiger charge is 2.18. The van der Waals surface area contributed by atoms with Gasteiger partial charge in [-0.15, -0.1) is 0 Å². The molecule has 3 amide bonds. The van der Waals surface area contributed by atoms with Crippen LogP contribution in [0.2, 0.25) is 0 Å². The van der Waals surface area contributed by atoms with Crippen molar-refractivity contribution in [1.29, 1.82) is 0 Å². The topological polar surface area (TPSA) is 130 Å². The normalized spacial score (nSPS) is 11.2. The van der Waals surface area contributed by atoms with Gasteiger partial charge in [0.25, 0.3) is 15.8 Å². The molecule has 0 atom stereocenters. The van der Waals surface area contributed by atoms with E-state index >= 15 is 0 Å². The minimum Gasteiger partial charge on any atom is -0.352 e. The van der Waals surface area contributed by atoms with E-state index in [4.69, 9.17) is 5.73 Å². The van der Waals surface area contributed by atoms with Gasteiger partial charge in [-0.05, 0) is 48.9 Å². The molecule has 0 heterocycles. The highest BCUT2D eigenvalue weighted by molar-refractivity contribution is 7.99. The van der Waals surface area contributed by atoms with Crippen LogP contribution in [0.5, 0.6) is 0 Å². The van der Waals surface area contributed by atoms with Gasteiger partial charge in [0, 0.05) is 16.3 Å². The number of hydrogen-bond acceptors (Lipinski definition) is 5. The summed E-state index contributed by atoms with van der Waals surface area (Å²) in [4.78, 5) is 22.6. The quantitative estimate of drug-likeness (QED) is 0.465. The van der Waals surface area contributed by atoms with Gasteiger partial charge in [-0.2, -0.15) is 8.78 Å². The Morgan fingerprint density at radius 2 is 1.72 bits per heavy atom. The Morgan fingerprint density at radius 3 is 2.31 bits per heavy atom. The molecule has 0 fully saturated rings. The number of aryl methyl sites for hydroxylation is 1. The van der Waals surface area contributed by atoms with Crippen LogP contribution in [0.1, 0.15) is 5.56 Å². The number of nitrogens with two attached hydrogens (primary N) is 1. The first-order valence-electron chi connectivity index (χ1n) is 8.08. The van der Waals surface area contributed by atoms with Crippen LogP contribution in [0.15, 0.2) is 52.3 Å². The molecule has 156 valence electrons. The molecule has 0 unspecified atom stereocenters. The van der Waals surface area contributed by atoms with Crippen LogP contribution in [0.25, 0.3) is 0 Å². The Bertz CT molecular complexity index is 999. The summed E-state index contributed by atoms with van der Waals surface area (Å²) in [6.45, 7) is 1.21. The van der Waals surface area contributed by atoms with Crippen molar-refractivity contribution in [3.8, 4) is 0 Å². The Balaban J connectivity index is 2.16. The van der Waals surface area contributed by atoms with Crippen LogP contribution >= 0.6 is 11.8 Å². The summed E-state index contributed by atoms with van der Waals surface area (Å²) in [5, 5.41) is 4.57. The van der Waals surface area contributed by atoms with Crippen LogP contribution in [0, 0.1) is 6.92 Å². The fraction of sp³-hybridized carbons (Fsp3) is 0.176. The minimum absolute atomic E-state index is 0.0795. The van der Waals surface area contributed by atoms with E-state index in [0.717, 1.165) is 0 Å². The van der Waals surface area contributed by atoms with Crippen molar-refractivity contribution in [3.63, 3.8) is 0 Å². The molecule has 2 aromatic carbocycles. The van der Waals surface area contributed by atoms with Crippen molar-refractivity contribution in [2.45, 2.75) is 22.5 Å². The number of carbonyl (C=O) groups excluding carboxylic acids is 2. The Kier molecular flexibility index (Phi) is 7.40. The van der Waals surface area contributed by atoms with Crippen molar-refractivity contribution in [1.82, 2.24) is 5.32 Å². The van der Waals surface area contributed by atoms with E-state index in [1.807, 2.05) is 0 Å². The fourth-order valence-corrected chi connectivity index (χ4v) is 4.08. The molecule has 0 spiro atoms. The predicted octanol–water partition coefficient (Wildman–Crippen LogP) is 2.72. The van der Waals surface area contributed by atoms with E-state index < -0.39 is 27.7 Å². The second kappa shape index (κ2) is 9.56. The lowest BCUT2D eigenvalue weighted by atomic mass is 10.2. The fourth-order valence-electron chi connectivity index (χ4n) is 2.25. The highest BCUT2D eigenvalue weighted by atomic mass is 32.2. The monoisotopic (exact) mass is 444 g/mol. The van der Waals surface area contributed by atoms with Crippen molar-refractivity contribution < 1.29 is 26.8 Å².